The van der Waals surface area contributed by atoms with Gasteiger partial charge in [0.25, 0.3) is 0 Å². The lowest BCUT2D eigenvalue weighted by atomic mass is 10.0. The van der Waals surface area contributed by atoms with Gasteiger partial charge in [-0.15, -0.1) is 11.3 Å². The van der Waals surface area contributed by atoms with Crippen molar-refractivity contribution in [2.24, 2.45) is 0 Å². The molecule has 0 amide bonds. The second-order valence-electron chi connectivity index (χ2n) is 4.18. The largest absolute Gasteiger partial charge is 0.477 e. The van der Waals surface area contributed by atoms with Crippen LogP contribution in [0, 0.1) is 6.92 Å². The molecule has 0 unspecified atom stereocenters. The minimum atomic E-state index is -0.953. The van der Waals surface area contributed by atoms with Gasteiger partial charge in [-0.3, -0.25) is 0 Å². The van der Waals surface area contributed by atoms with Gasteiger partial charge in [0.1, 0.15) is 4.88 Å². The minimum Gasteiger partial charge on any atom is -0.477 e. The summed E-state index contributed by atoms with van der Waals surface area (Å²) in [5.74, 6) is -0.953. The molecule has 2 aromatic rings. The number of hydrogen-bond acceptors (Lipinski definition) is 3. The minimum absolute atomic E-state index is 0.238. The third-order valence-corrected chi connectivity index (χ3v) is 4.19. The first-order chi connectivity index (χ1) is 8.54. The lowest BCUT2D eigenvalue weighted by molar-refractivity contribution is 0.0703. The van der Waals surface area contributed by atoms with E-state index >= 15 is 0 Å². The van der Waals surface area contributed by atoms with Gasteiger partial charge in [-0.25, -0.2) is 4.79 Å². The summed E-state index contributed by atoms with van der Waals surface area (Å²) in [6.07, 6.45) is 0.735. The molecule has 0 aliphatic rings. The van der Waals surface area contributed by atoms with E-state index in [1.54, 1.807) is 0 Å². The average Bonchev–Trinajstić information content (AvgIpc) is 2.67. The normalized spacial score (nSPS) is 10.6. The Morgan fingerprint density at radius 1 is 1.33 bits per heavy atom. The number of carboxylic acids is 1. The average molecular weight is 261 g/mol. The number of carbonyl (C=O) groups is 1. The third kappa shape index (κ3) is 2.11. The maximum atomic E-state index is 11.1. The van der Waals surface area contributed by atoms with Crippen LogP contribution in [0.2, 0.25) is 0 Å². The Kier molecular flexibility index (Phi) is 3.39. The van der Waals surface area contributed by atoms with Crippen molar-refractivity contribution in [3.05, 3.63) is 40.3 Å². The number of benzene rings is 1. The maximum Gasteiger partial charge on any atom is 0.348 e. The predicted octanol–water partition coefficient (Wildman–Crippen LogP) is 3.57. The number of nitrogens with two attached hydrogens (primary N) is 1. The van der Waals surface area contributed by atoms with E-state index < -0.39 is 5.97 Å². The zero-order valence-electron chi connectivity index (χ0n) is 10.4. The summed E-state index contributed by atoms with van der Waals surface area (Å²) >= 11 is 1.25. The molecule has 2 rings (SSSR count). The summed E-state index contributed by atoms with van der Waals surface area (Å²) in [6, 6.07) is 8.05. The number of anilines is 1. The van der Waals surface area contributed by atoms with E-state index in [0.717, 1.165) is 22.4 Å². The van der Waals surface area contributed by atoms with Crippen LogP contribution in [0.1, 0.15) is 27.7 Å². The van der Waals surface area contributed by atoms with Crippen molar-refractivity contribution >= 4 is 23.0 Å². The molecule has 0 fully saturated rings. The molecule has 1 heterocycles. The molecule has 0 atom stereocenters. The summed E-state index contributed by atoms with van der Waals surface area (Å²) in [5, 5.41) is 9.12. The lowest BCUT2D eigenvalue weighted by Crippen LogP contribution is -1.99. The zero-order chi connectivity index (χ0) is 13.3. The summed E-state index contributed by atoms with van der Waals surface area (Å²) in [7, 11) is 0. The zero-order valence-corrected chi connectivity index (χ0v) is 11.2. The van der Waals surface area contributed by atoms with E-state index in [9.17, 15) is 4.79 Å². The molecule has 4 heteroatoms. The SMILES string of the molecule is CCc1c(-c2ccc(C)cc2)sc(C(=O)O)c1N. The predicted molar refractivity (Wildman–Crippen MR) is 75.2 cm³/mol. The van der Waals surface area contributed by atoms with Gasteiger partial charge >= 0.3 is 5.97 Å². The highest BCUT2D eigenvalue weighted by molar-refractivity contribution is 7.18. The number of rotatable bonds is 3. The molecule has 0 saturated heterocycles. The second-order valence-corrected chi connectivity index (χ2v) is 5.20. The highest BCUT2D eigenvalue weighted by atomic mass is 32.1. The van der Waals surface area contributed by atoms with Crippen LogP contribution < -0.4 is 5.73 Å². The van der Waals surface area contributed by atoms with Gasteiger partial charge in [0, 0.05) is 4.88 Å². The molecule has 18 heavy (non-hydrogen) atoms. The van der Waals surface area contributed by atoms with Crippen LogP contribution in [0.25, 0.3) is 10.4 Å². The van der Waals surface area contributed by atoms with Crippen molar-refractivity contribution in [1.29, 1.82) is 0 Å². The number of hydrogen-bond donors (Lipinski definition) is 2. The molecule has 94 valence electrons. The smallest absolute Gasteiger partial charge is 0.348 e. The van der Waals surface area contributed by atoms with E-state index in [-0.39, 0.29) is 4.88 Å². The van der Waals surface area contributed by atoms with E-state index in [1.807, 2.05) is 38.1 Å². The van der Waals surface area contributed by atoms with Crippen LogP contribution in [-0.4, -0.2) is 11.1 Å². The van der Waals surface area contributed by atoms with E-state index in [2.05, 4.69) is 0 Å². The topological polar surface area (TPSA) is 63.3 Å². The molecular weight excluding hydrogens is 246 g/mol. The number of carboxylic acid groups (broad SMARTS) is 1. The summed E-state index contributed by atoms with van der Waals surface area (Å²) in [4.78, 5) is 12.3. The van der Waals surface area contributed by atoms with Gasteiger partial charge in [-0.1, -0.05) is 36.8 Å². The van der Waals surface area contributed by atoms with Gasteiger partial charge in [0.2, 0.25) is 0 Å². The fraction of sp³-hybridized carbons (Fsp3) is 0.214. The number of aryl methyl sites for hydroxylation is 1. The van der Waals surface area contributed by atoms with Crippen molar-refractivity contribution in [2.75, 3.05) is 5.73 Å². The molecule has 0 bridgehead atoms. The standard InChI is InChI=1S/C14H15NO2S/c1-3-10-11(15)13(14(16)17)18-12(10)9-6-4-8(2)5-7-9/h4-7H,3,15H2,1-2H3,(H,16,17). The van der Waals surface area contributed by atoms with Crippen LogP contribution >= 0.6 is 11.3 Å². The lowest BCUT2D eigenvalue weighted by Gasteiger charge is -2.03. The van der Waals surface area contributed by atoms with E-state index in [4.69, 9.17) is 10.8 Å². The van der Waals surface area contributed by atoms with Gasteiger partial charge in [-0.2, -0.15) is 0 Å². The van der Waals surface area contributed by atoms with Crippen molar-refractivity contribution in [1.82, 2.24) is 0 Å². The summed E-state index contributed by atoms with van der Waals surface area (Å²) in [6.45, 7) is 4.01. The Bertz CT molecular complexity index is 585. The van der Waals surface area contributed by atoms with Crippen LogP contribution in [0.15, 0.2) is 24.3 Å². The first-order valence-corrected chi connectivity index (χ1v) is 6.57. The Morgan fingerprint density at radius 2 is 1.94 bits per heavy atom. The fourth-order valence-corrected chi connectivity index (χ4v) is 3.08. The van der Waals surface area contributed by atoms with Gasteiger partial charge in [0.15, 0.2) is 0 Å². The van der Waals surface area contributed by atoms with Crippen molar-refractivity contribution in [3.8, 4) is 10.4 Å². The molecule has 1 aromatic heterocycles. The highest BCUT2D eigenvalue weighted by Crippen LogP contribution is 2.39. The van der Waals surface area contributed by atoms with Crippen molar-refractivity contribution in [3.63, 3.8) is 0 Å². The molecule has 3 nitrogen and oxygen atoms in total. The molecule has 0 aliphatic heterocycles. The molecule has 0 aliphatic carbocycles. The molecule has 1 aromatic carbocycles. The first-order valence-electron chi connectivity index (χ1n) is 5.76. The number of nitrogen functional groups attached to an aromatic ring is 1. The monoisotopic (exact) mass is 261 g/mol. The van der Waals surface area contributed by atoms with Gasteiger partial charge < -0.3 is 10.8 Å². The fourth-order valence-electron chi connectivity index (χ4n) is 1.93. The molecule has 3 N–H and O–H groups in total. The molecule has 0 radical (unpaired) electrons. The van der Waals surface area contributed by atoms with Crippen molar-refractivity contribution < 1.29 is 9.90 Å². The summed E-state index contributed by atoms with van der Waals surface area (Å²) in [5.41, 5.74) is 9.46. The van der Waals surface area contributed by atoms with E-state index in [0.29, 0.717) is 5.69 Å². The number of thiophene rings is 1. The Labute approximate surface area is 110 Å². The second kappa shape index (κ2) is 4.82. The first kappa shape index (κ1) is 12.6. The Morgan fingerprint density at radius 3 is 2.44 bits per heavy atom. The van der Waals surface area contributed by atoms with Crippen LogP contribution in [-0.2, 0) is 6.42 Å². The van der Waals surface area contributed by atoms with Gasteiger partial charge in [-0.05, 0) is 24.5 Å². The Balaban J connectivity index is 2.60. The van der Waals surface area contributed by atoms with E-state index in [1.165, 1.54) is 16.9 Å². The third-order valence-electron chi connectivity index (χ3n) is 2.91. The Hall–Kier alpha value is -1.81. The van der Waals surface area contributed by atoms with Crippen LogP contribution in [0.4, 0.5) is 5.69 Å². The van der Waals surface area contributed by atoms with Gasteiger partial charge in [0.05, 0.1) is 5.69 Å². The number of aromatic carboxylic acids is 1. The van der Waals surface area contributed by atoms with Crippen LogP contribution in [0.3, 0.4) is 0 Å². The maximum absolute atomic E-state index is 11.1. The highest BCUT2D eigenvalue weighted by Gasteiger charge is 2.19. The molecule has 0 spiro atoms. The molecular formula is C14H15NO2S. The van der Waals surface area contributed by atoms with Crippen LogP contribution in [0.5, 0.6) is 0 Å². The quantitative estimate of drug-likeness (QED) is 0.887. The summed E-state index contributed by atoms with van der Waals surface area (Å²) < 4.78 is 0. The van der Waals surface area contributed by atoms with Crippen molar-refractivity contribution in [2.45, 2.75) is 20.3 Å². The molecule has 0 saturated carbocycles.